The Labute approximate surface area is 149 Å². The van der Waals surface area contributed by atoms with Crippen molar-refractivity contribution in [3.8, 4) is 0 Å². The molecule has 0 aliphatic heterocycles. The van der Waals surface area contributed by atoms with Gasteiger partial charge in [-0.3, -0.25) is 0 Å². The molecule has 1 atom stereocenters. The van der Waals surface area contributed by atoms with E-state index in [9.17, 15) is 4.79 Å². The Hall–Kier alpha value is -0.970. The average Bonchev–Trinajstić information content (AvgIpc) is 2.35. The van der Waals surface area contributed by atoms with Crippen LogP contribution in [0.3, 0.4) is 0 Å². The first kappa shape index (κ1) is 20.1. The maximum Gasteiger partial charge on any atom is 0.410 e. The molecular weight excluding hydrogens is 335 g/mol. The first-order valence-electron chi connectivity index (χ1n) is 7.66. The van der Waals surface area contributed by atoms with Gasteiger partial charge in [0.25, 0.3) is 0 Å². The molecule has 0 radical (unpaired) electrons. The number of carbonyl (C=O) groups excluding carboxylic acids is 1. The number of rotatable bonds is 6. The highest BCUT2D eigenvalue weighted by atomic mass is 35.5. The fraction of sp³-hybridized carbons (Fsp3) is 0.588. The molecule has 1 amide bonds. The third kappa shape index (κ3) is 8.45. The fourth-order valence-corrected chi connectivity index (χ4v) is 2.69. The standard InChI is InChI=1S/C17H26Cl2N2O2/c1-12(11-21(5)16(22)23-17(2,3)4)9-20-10-13-6-14(18)8-15(19)7-13/h6-8,12,20H,9-11H2,1-5H3. The highest BCUT2D eigenvalue weighted by molar-refractivity contribution is 6.34. The highest BCUT2D eigenvalue weighted by Crippen LogP contribution is 2.19. The van der Waals surface area contributed by atoms with Gasteiger partial charge in [0.2, 0.25) is 0 Å². The molecule has 0 aromatic heterocycles. The van der Waals surface area contributed by atoms with E-state index in [0.29, 0.717) is 29.1 Å². The van der Waals surface area contributed by atoms with Crippen LogP contribution in [-0.2, 0) is 11.3 Å². The highest BCUT2D eigenvalue weighted by Gasteiger charge is 2.20. The summed E-state index contributed by atoms with van der Waals surface area (Å²) in [6, 6.07) is 5.49. The van der Waals surface area contributed by atoms with Gasteiger partial charge >= 0.3 is 6.09 Å². The zero-order valence-corrected chi connectivity index (χ0v) is 16.0. The summed E-state index contributed by atoms with van der Waals surface area (Å²) >= 11 is 12.0. The van der Waals surface area contributed by atoms with Crippen molar-refractivity contribution < 1.29 is 9.53 Å². The van der Waals surface area contributed by atoms with E-state index in [4.69, 9.17) is 27.9 Å². The molecule has 1 rings (SSSR count). The van der Waals surface area contributed by atoms with Crippen molar-refractivity contribution in [2.75, 3.05) is 20.1 Å². The molecule has 0 fully saturated rings. The molecule has 1 aromatic rings. The van der Waals surface area contributed by atoms with Gasteiger partial charge in [-0.2, -0.15) is 0 Å². The summed E-state index contributed by atoms with van der Waals surface area (Å²) in [5, 5.41) is 4.62. The predicted octanol–water partition coefficient (Wildman–Crippen LogP) is 4.59. The number of halogens is 2. The van der Waals surface area contributed by atoms with Crippen LogP contribution in [0, 0.1) is 5.92 Å². The smallest absolute Gasteiger partial charge is 0.410 e. The maximum absolute atomic E-state index is 11.9. The van der Waals surface area contributed by atoms with E-state index in [1.54, 1.807) is 18.0 Å². The normalized spacial score (nSPS) is 12.8. The Balaban J connectivity index is 2.36. The van der Waals surface area contributed by atoms with E-state index in [-0.39, 0.29) is 6.09 Å². The van der Waals surface area contributed by atoms with Crippen molar-refractivity contribution in [1.82, 2.24) is 10.2 Å². The Morgan fingerprint density at radius 2 is 1.83 bits per heavy atom. The number of carbonyl (C=O) groups is 1. The van der Waals surface area contributed by atoms with Gasteiger partial charge in [0, 0.05) is 30.2 Å². The van der Waals surface area contributed by atoms with Crippen molar-refractivity contribution >= 4 is 29.3 Å². The van der Waals surface area contributed by atoms with Crippen LogP contribution >= 0.6 is 23.2 Å². The van der Waals surface area contributed by atoms with Gasteiger partial charge in [0.15, 0.2) is 0 Å². The second-order valence-electron chi connectivity index (χ2n) is 6.87. The molecule has 0 saturated heterocycles. The number of amides is 1. The number of ether oxygens (including phenoxy) is 1. The van der Waals surface area contributed by atoms with E-state index < -0.39 is 5.60 Å². The van der Waals surface area contributed by atoms with Gasteiger partial charge in [0.1, 0.15) is 5.60 Å². The zero-order valence-electron chi connectivity index (χ0n) is 14.5. The minimum Gasteiger partial charge on any atom is -0.444 e. The third-order valence-electron chi connectivity index (χ3n) is 3.03. The molecule has 0 bridgehead atoms. The van der Waals surface area contributed by atoms with E-state index >= 15 is 0 Å². The maximum atomic E-state index is 11.9. The zero-order chi connectivity index (χ0) is 17.6. The minimum atomic E-state index is -0.474. The van der Waals surface area contributed by atoms with Crippen LogP contribution in [0.5, 0.6) is 0 Å². The van der Waals surface area contributed by atoms with Gasteiger partial charge in [0.05, 0.1) is 0 Å². The SMILES string of the molecule is CC(CNCc1cc(Cl)cc(Cl)c1)CN(C)C(=O)OC(C)(C)C. The molecule has 0 aliphatic rings. The van der Waals surface area contributed by atoms with Crippen molar-refractivity contribution in [3.05, 3.63) is 33.8 Å². The summed E-state index contributed by atoms with van der Waals surface area (Å²) in [6.45, 7) is 9.74. The second kappa shape index (κ2) is 8.76. The number of benzene rings is 1. The summed E-state index contributed by atoms with van der Waals surface area (Å²) in [7, 11) is 1.75. The number of hydrogen-bond acceptors (Lipinski definition) is 3. The lowest BCUT2D eigenvalue weighted by molar-refractivity contribution is 0.0277. The topological polar surface area (TPSA) is 41.6 Å². The molecular formula is C17H26Cl2N2O2. The van der Waals surface area contributed by atoms with Crippen LogP contribution in [0.25, 0.3) is 0 Å². The molecule has 0 spiro atoms. The van der Waals surface area contributed by atoms with Crippen LogP contribution < -0.4 is 5.32 Å². The van der Waals surface area contributed by atoms with E-state index in [1.165, 1.54) is 0 Å². The molecule has 1 unspecified atom stereocenters. The number of hydrogen-bond donors (Lipinski definition) is 1. The van der Waals surface area contributed by atoms with Crippen molar-refractivity contribution in [2.45, 2.75) is 39.8 Å². The van der Waals surface area contributed by atoms with Crippen molar-refractivity contribution in [3.63, 3.8) is 0 Å². The van der Waals surface area contributed by atoms with Crippen LogP contribution in [0.1, 0.15) is 33.3 Å². The van der Waals surface area contributed by atoms with Gasteiger partial charge in [-0.25, -0.2) is 4.79 Å². The molecule has 130 valence electrons. The lowest BCUT2D eigenvalue weighted by Gasteiger charge is -2.26. The molecule has 1 N–H and O–H groups in total. The van der Waals surface area contributed by atoms with Gasteiger partial charge in [-0.1, -0.05) is 30.1 Å². The monoisotopic (exact) mass is 360 g/mol. The Morgan fingerprint density at radius 3 is 2.35 bits per heavy atom. The largest absolute Gasteiger partial charge is 0.444 e. The first-order chi connectivity index (χ1) is 10.6. The Morgan fingerprint density at radius 1 is 1.26 bits per heavy atom. The van der Waals surface area contributed by atoms with Crippen LogP contribution in [-0.4, -0.2) is 36.7 Å². The summed E-state index contributed by atoms with van der Waals surface area (Å²) in [4.78, 5) is 13.5. The predicted molar refractivity (Wildman–Crippen MR) is 96.2 cm³/mol. The Kier molecular flexibility index (Phi) is 7.65. The number of nitrogens with one attached hydrogen (secondary N) is 1. The summed E-state index contributed by atoms with van der Waals surface area (Å²) < 4.78 is 5.34. The lowest BCUT2D eigenvalue weighted by atomic mass is 10.1. The van der Waals surface area contributed by atoms with E-state index in [2.05, 4.69) is 12.2 Å². The average molecular weight is 361 g/mol. The summed E-state index contributed by atoms with van der Waals surface area (Å²) in [5.74, 6) is 0.294. The van der Waals surface area contributed by atoms with Crippen molar-refractivity contribution in [2.24, 2.45) is 5.92 Å². The molecule has 6 heteroatoms. The molecule has 23 heavy (non-hydrogen) atoms. The Bertz CT molecular complexity index is 510. The first-order valence-corrected chi connectivity index (χ1v) is 8.42. The molecule has 1 aromatic carbocycles. The molecule has 0 saturated carbocycles. The van der Waals surface area contributed by atoms with Crippen LogP contribution in [0.15, 0.2) is 18.2 Å². The minimum absolute atomic E-state index is 0.294. The lowest BCUT2D eigenvalue weighted by Crippen LogP contribution is -2.38. The van der Waals surface area contributed by atoms with Gasteiger partial charge in [-0.15, -0.1) is 0 Å². The fourth-order valence-electron chi connectivity index (χ4n) is 2.12. The number of nitrogens with zero attached hydrogens (tertiary/aromatic N) is 1. The van der Waals surface area contributed by atoms with Crippen molar-refractivity contribution in [1.29, 1.82) is 0 Å². The van der Waals surface area contributed by atoms with Crippen LogP contribution in [0.4, 0.5) is 4.79 Å². The molecule has 0 aliphatic carbocycles. The summed E-state index contributed by atoms with van der Waals surface area (Å²) in [6.07, 6.45) is -0.300. The third-order valence-corrected chi connectivity index (χ3v) is 3.47. The molecule has 0 heterocycles. The van der Waals surface area contributed by atoms with E-state index in [0.717, 1.165) is 12.1 Å². The van der Waals surface area contributed by atoms with Gasteiger partial charge < -0.3 is 15.0 Å². The quantitative estimate of drug-likeness (QED) is 0.806. The molecule has 4 nitrogen and oxygen atoms in total. The van der Waals surface area contributed by atoms with E-state index in [1.807, 2.05) is 32.9 Å². The van der Waals surface area contributed by atoms with Gasteiger partial charge in [-0.05, 0) is 57.0 Å². The summed E-state index contributed by atoms with van der Waals surface area (Å²) in [5.41, 5.74) is 0.564. The second-order valence-corrected chi connectivity index (χ2v) is 7.75. The van der Waals surface area contributed by atoms with Crippen LogP contribution in [0.2, 0.25) is 10.0 Å².